The number of nitrogens with two attached hydrogens (primary N) is 1. The normalized spacial score (nSPS) is 12.9. The van der Waals surface area contributed by atoms with E-state index in [0.29, 0.717) is 11.1 Å². The number of para-hydroxylation sites is 2. The average molecular weight is 335 g/mol. The molecule has 20 heavy (non-hydrogen) atoms. The third kappa shape index (κ3) is 2.26. The Kier molecular flexibility index (Phi) is 3.60. The average Bonchev–Trinajstić information content (AvgIpc) is 3.01. The lowest BCUT2D eigenvalue weighted by molar-refractivity contribution is 0.498. The summed E-state index contributed by atoms with van der Waals surface area (Å²) in [5.74, 6) is 6.65. The summed E-state index contributed by atoms with van der Waals surface area (Å²) in [5, 5.41) is 0. The maximum Gasteiger partial charge on any atom is 0.173 e. The van der Waals surface area contributed by atoms with Crippen molar-refractivity contribution in [3.8, 4) is 0 Å². The van der Waals surface area contributed by atoms with Gasteiger partial charge in [0.1, 0.15) is 5.82 Å². The molecule has 104 valence electrons. The van der Waals surface area contributed by atoms with Gasteiger partial charge in [-0.15, -0.1) is 0 Å². The number of aryl methyl sites for hydroxylation is 1. The van der Waals surface area contributed by atoms with Crippen molar-refractivity contribution in [1.82, 2.24) is 15.0 Å². The number of benzene rings is 1. The highest BCUT2D eigenvalue weighted by atomic mass is 79.9. The van der Waals surface area contributed by atoms with Crippen molar-refractivity contribution in [3.63, 3.8) is 0 Å². The number of halogens is 1. The van der Waals surface area contributed by atoms with E-state index in [4.69, 9.17) is 10.3 Å². The molecule has 2 heterocycles. The molecule has 1 unspecified atom stereocenters. The molecule has 1 aromatic carbocycles. The van der Waals surface area contributed by atoms with Gasteiger partial charge in [-0.25, -0.2) is 4.98 Å². The molecule has 1 atom stereocenters. The van der Waals surface area contributed by atoms with Crippen molar-refractivity contribution in [3.05, 3.63) is 52.7 Å². The second-order valence-electron chi connectivity index (χ2n) is 4.65. The third-order valence-corrected chi connectivity index (χ3v) is 4.13. The highest BCUT2D eigenvalue weighted by Crippen LogP contribution is 2.27. The molecular weight excluding hydrogens is 320 g/mol. The van der Waals surface area contributed by atoms with E-state index < -0.39 is 0 Å². The van der Waals surface area contributed by atoms with E-state index in [1.54, 1.807) is 6.26 Å². The Bertz CT molecular complexity index is 734. The molecule has 0 saturated carbocycles. The molecule has 0 aliphatic heterocycles. The van der Waals surface area contributed by atoms with Crippen LogP contribution >= 0.6 is 15.9 Å². The summed E-state index contributed by atoms with van der Waals surface area (Å²) in [6.07, 6.45) is 2.32. The lowest BCUT2D eigenvalue weighted by Gasteiger charge is -2.14. The molecule has 0 spiro atoms. The maximum absolute atomic E-state index is 5.68. The first-order valence-electron chi connectivity index (χ1n) is 6.30. The number of rotatable bonds is 4. The van der Waals surface area contributed by atoms with Gasteiger partial charge in [0.15, 0.2) is 4.67 Å². The first kappa shape index (κ1) is 13.4. The topological polar surface area (TPSA) is 69.0 Å². The lowest BCUT2D eigenvalue weighted by atomic mass is 10.1. The zero-order valence-electron chi connectivity index (χ0n) is 11.0. The number of nitrogens with zero attached hydrogens (tertiary/aromatic N) is 2. The second-order valence-corrected chi connectivity index (χ2v) is 5.37. The standard InChI is InChI=1S/C14H15BrN4O/c1-19-12-5-3-2-4-10(12)17-13(19)8-11(18-16)9-6-7-20-14(9)15/h2-7,11,18H,8,16H2,1H3. The predicted molar refractivity (Wildman–Crippen MR) is 80.9 cm³/mol. The minimum absolute atomic E-state index is 0.0568. The zero-order valence-corrected chi connectivity index (χ0v) is 12.6. The Morgan fingerprint density at radius 3 is 2.85 bits per heavy atom. The number of hydrazine groups is 1. The summed E-state index contributed by atoms with van der Waals surface area (Å²) in [4.78, 5) is 4.66. The van der Waals surface area contributed by atoms with Gasteiger partial charge in [0.05, 0.1) is 23.3 Å². The zero-order chi connectivity index (χ0) is 14.1. The fourth-order valence-electron chi connectivity index (χ4n) is 2.37. The van der Waals surface area contributed by atoms with Crippen LogP contribution in [0, 0.1) is 0 Å². The lowest BCUT2D eigenvalue weighted by Crippen LogP contribution is -2.30. The van der Waals surface area contributed by atoms with Crippen LogP contribution in [0.4, 0.5) is 0 Å². The van der Waals surface area contributed by atoms with Gasteiger partial charge >= 0.3 is 0 Å². The van der Waals surface area contributed by atoms with E-state index >= 15 is 0 Å². The number of furan rings is 1. The quantitative estimate of drug-likeness (QED) is 0.568. The highest BCUT2D eigenvalue weighted by molar-refractivity contribution is 9.10. The number of aromatic nitrogens is 2. The maximum atomic E-state index is 5.68. The van der Waals surface area contributed by atoms with Crippen molar-refractivity contribution < 1.29 is 4.42 Å². The number of hydrogen-bond acceptors (Lipinski definition) is 4. The monoisotopic (exact) mass is 334 g/mol. The first-order valence-corrected chi connectivity index (χ1v) is 7.09. The van der Waals surface area contributed by atoms with Gasteiger partial charge in [-0.2, -0.15) is 0 Å². The molecule has 0 radical (unpaired) electrons. The van der Waals surface area contributed by atoms with Gasteiger partial charge < -0.3 is 8.98 Å². The SMILES string of the molecule is Cn1c(CC(NN)c2ccoc2Br)nc2ccccc21. The van der Waals surface area contributed by atoms with Gasteiger partial charge in [0, 0.05) is 19.0 Å². The predicted octanol–water partition coefficient (Wildman–Crippen LogP) is 2.68. The molecule has 0 aliphatic rings. The molecule has 0 aliphatic carbocycles. The molecule has 6 heteroatoms. The van der Waals surface area contributed by atoms with E-state index in [1.807, 2.05) is 31.3 Å². The first-order chi connectivity index (χ1) is 9.70. The molecule has 5 nitrogen and oxygen atoms in total. The smallest absolute Gasteiger partial charge is 0.173 e. The molecule has 3 rings (SSSR count). The van der Waals surface area contributed by atoms with Gasteiger partial charge in [0.25, 0.3) is 0 Å². The summed E-state index contributed by atoms with van der Waals surface area (Å²) >= 11 is 3.38. The van der Waals surface area contributed by atoms with Crippen molar-refractivity contribution in [2.75, 3.05) is 0 Å². The Labute approximate surface area is 124 Å². The van der Waals surface area contributed by atoms with E-state index in [1.165, 1.54) is 0 Å². The van der Waals surface area contributed by atoms with Crippen LogP contribution in [0.1, 0.15) is 17.4 Å². The number of nitrogens with one attached hydrogen (secondary N) is 1. The van der Waals surface area contributed by atoms with Crippen LogP contribution in [0.25, 0.3) is 11.0 Å². The van der Waals surface area contributed by atoms with Gasteiger partial charge in [-0.3, -0.25) is 11.3 Å². The molecule has 0 fully saturated rings. The van der Waals surface area contributed by atoms with E-state index in [-0.39, 0.29) is 6.04 Å². The molecule has 0 amide bonds. The minimum Gasteiger partial charge on any atom is -0.457 e. The summed E-state index contributed by atoms with van der Waals surface area (Å²) in [6, 6.07) is 9.92. The Balaban J connectivity index is 1.95. The van der Waals surface area contributed by atoms with Crippen LogP contribution in [-0.2, 0) is 13.5 Å². The van der Waals surface area contributed by atoms with Crippen molar-refractivity contribution in [1.29, 1.82) is 0 Å². The highest BCUT2D eigenvalue weighted by Gasteiger charge is 2.19. The fraction of sp³-hybridized carbons (Fsp3) is 0.214. The Hall–Kier alpha value is -1.63. The van der Waals surface area contributed by atoms with Gasteiger partial charge in [0.2, 0.25) is 0 Å². The third-order valence-electron chi connectivity index (χ3n) is 3.49. The minimum atomic E-state index is -0.0568. The summed E-state index contributed by atoms with van der Waals surface area (Å²) in [6.45, 7) is 0. The van der Waals surface area contributed by atoms with E-state index in [0.717, 1.165) is 22.4 Å². The van der Waals surface area contributed by atoms with Gasteiger partial charge in [-0.05, 0) is 34.1 Å². The Morgan fingerprint density at radius 1 is 1.40 bits per heavy atom. The van der Waals surface area contributed by atoms with Crippen LogP contribution in [0.3, 0.4) is 0 Å². The second kappa shape index (κ2) is 5.40. The summed E-state index contributed by atoms with van der Waals surface area (Å²) in [5.41, 5.74) is 5.92. The molecular formula is C14H15BrN4O. The van der Waals surface area contributed by atoms with Gasteiger partial charge in [-0.1, -0.05) is 12.1 Å². The van der Waals surface area contributed by atoms with Crippen LogP contribution in [0.2, 0.25) is 0 Å². The van der Waals surface area contributed by atoms with Crippen molar-refractivity contribution in [2.24, 2.45) is 12.9 Å². The van der Waals surface area contributed by atoms with Crippen LogP contribution in [0.15, 0.2) is 45.7 Å². The molecule has 2 aromatic heterocycles. The fourth-order valence-corrected chi connectivity index (χ4v) is 2.89. The molecule has 0 bridgehead atoms. The summed E-state index contributed by atoms with van der Waals surface area (Å²) < 4.78 is 8.05. The van der Waals surface area contributed by atoms with E-state index in [9.17, 15) is 0 Å². The number of fused-ring (bicyclic) bond motifs is 1. The van der Waals surface area contributed by atoms with Crippen LogP contribution in [-0.4, -0.2) is 9.55 Å². The Morgan fingerprint density at radius 2 is 2.20 bits per heavy atom. The van der Waals surface area contributed by atoms with Crippen LogP contribution in [0.5, 0.6) is 0 Å². The van der Waals surface area contributed by atoms with E-state index in [2.05, 4.69) is 37.0 Å². The molecule has 0 saturated heterocycles. The number of imidazole rings is 1. The van der Waals surface area contributed by atoms with Crippen LogP contribution < -0.4 is 11.3 Å². The largest absolute Gasteiger partial charge is 0.457 e. The number of hydrogen-bond donors (Lipinski definition) is 2. The van der Waals surface area contributed by atoms with Crippen molar-refractivity contribution in [2.45, 2.75) is 12.5 Å². The van der Waals surface area contributed by atoms with Crippen molar-refractivity contribution >= 4 is 27.0 Å². The molecule has 3 N–H and O–H groups in total. The summed E-state index contributed by atoms with van der Waals surface area (Å²) in [7, 11) is 2.02. The molecule has 3 aromatic rings.